The van der Waals surface area contributed by atoms with E-state index < -0.39 is 5.60 Å². The van der Waals surface area contributed by atoms with Crippen LogP contribution in [-0.4, -0.2) is 5.11 Å². The molecule has 0 spiro atoms. The Balaban J connectivity index is 2.51. The monoisotopic (exact) mass is 308 g/mol. The highest BCUT2D eigenvalue weighted by Crippen LogP contribution is 2.34. The molecule has 1 N–H and O–H groups in total. The maximum absolute atomic E-state index is 13.0. The molecule has 0 bridgehead atoms. The summed E-state index contributed by atoms with van der Waals surface area (Å²) in [6, 6.07) is 13.5. The van der Waals surface area contributed by atoms with E-state index in [-0.39, 0.29) is 5.82 Å². The van der Waals surface area contributed by atoms with Crippen LogP contribution in [-0.2, 0) is 5.60 Å². The molecule has 2 aromatic carbocycles. The molecule has 94 valence electrons. The van der Waals surface area contributed by atoms with Gasteiger partial charge in [0.2, 0.25) is 0 Å². The predicted molar refractivity (Wildman–Crippen MR) is 73.8 cm³/mol. The minimum absolute atomic E-state index is 0.300. The summed E-state index contributed by atoms with van der Waals surface area (Å²) in [5.41, 5.74) is 0.410. The van der Waals surface area contributed by atoms with Gasteiger partial charge in [0.15, 0.2) is 0 Å². The Hall–Kier alpha value is -1.19. The fourth-order valence-corrected chi connectivity index (χ4v) is 2.45. The molecule has 0 aliphatic carbocycles. The molecule has 0 aliphatic rings. The summed E-state index contributed by atoms with van der Waals surface area (Å²) >= 11 is 3.40. The van der Waals surface area contributed by atoms with Gasteiger partial charge in [-0.25, -0.2) is 4.39 Å². The van der Waals surface area contributed by atoms with Gasteiger partial charge in [0, 0.05) is 4.47 Å². The molecule has 0 aliphatic heterocycles. The molecule has 18 heavy (non-hydrogen) atoms. The van der Waals surface area contributed by atoms with E-state index in [9.17, 15) is 9.50 Å². The molecule has 0 amide bonds. The second kappa shape index (κ2) is 5.21. The summed E-state index contributed by atoms with van der Waals surface area (Å²) in [6.45, 7) is 1.91. The van der Waals surface area contributed by atoms with Crippen LogP contribution in [0.5, 0.6) is 0 Å². The van der Waals surface area contributed by atoms with E-state index >= 15 is 0 Å². The highest BCUT2D eigenvalue weighted by molar-refractivity contribution is 9.10. The summed E-state index contributed by atoms with van der Waals surface area (Å²) in [6.07, 6.45) is 0.523. The maximum atomic E-state index is 13.0. The summed E-state index contributed by atoms with van der Waals surface area (Å²) in [5, 5.41) is 10.8. The van der Waals surface area contributed by atoms with Crippen LogP contribution in [0, 0.1) is 5.82 Å². The van der Waals surface area contributed by atoms with E-state index in [1.165, 1.54) is 12.1 Å². The first-order valence-electron chi connectivity index (χ1n) is 5.80. The summed E-state index contributed by atoms with van der Waals surface area (Å²) < 4.78 is 13.9. The molecule has 0 aromatic heterocycles. The van der Waals surface area contributed by atoms with Crippen LogP contribution in [0.2, 0.25) is 0 Å². The Morgan fingerprint density at radius 1 is 1.11 bits per heavy atom. The Morgan fingerprint density at radius 2 is 1.78 bits per heavy atom. The SMILES string of the molecule is CCC(O)(c1ccc(F)cc1)c1cccc(Br)c1. The summed E-state index contributed by atoms with van der Waals surface area (Å²) in [7, 11) is 0. The van der Waals surface area contributed by atoms with Crippen molar-refractivity contribution in [2.45, 2.75) is 18.9 Å². The van der Waals surface area contributed by atoms with Crippen molar-refractivity contribution in [2.75, 3.05) is 0 Å². The third-order valence-electron chi connectivity index (χ3n) is 3.14. The Bertz CT molecular complexity index is 538. The zero-order chi connectivity index (χ0) is 13.2. The first kappa shape index (κ1) is 13.2. The van der Waals surface area contributed by atoms with Crippen molar-refractivity contribution in [3.05, 3.63) is 69.9 Å². The smallest absolute Gasteiger partial charge is 0.123 e. The first-order chi connectivity index (χ1) is 8.56. The molecule has 0 saturated heterocycles. The van der Waals surface area contributed by atoms with Gasteiger partial charge in [-0.3, -0.25) is 0 Å². The van der Waals surface area contributed by atoms with E-state index in [2.05, 4.69) is 15.9 Å². The van der Waals surface area contributed by atoms with Crippen molar-refractivity contribution in [3.63, 3.8) is 0 Å². The van der Waals surface area contributed by atoms with Crippen molar-refractivity contribution in [3.8, 4) is 0 Å². The van der Waals surface area contributed by atoms with Crippen LogP contribution in [0.15, 0.2) is 53.0 Å². The second-order valence-corrected chi connectivity index (χ2v) is 5.15. The van der Waals surface area contributed by atoms with Crippen molar-refractivity contribution in [1.29, 1.82) is 0 Å². The Kier molecular flexibility index (Phi) is 3.83. The van der Waals surface area contributed by atoms with E-state index in [0.29, 0.717) is 12.0 Å². The molecule has 3 heteroatoms. The Morgan fingerprint density at radius 3 is 2.33 bits per heavy atom. The number of hydrogen-bond acceptors (Lipinski definition) is 1. The van der Waals surface area contributed by atoms with Gasteiger partial charge >= 0.3 is 0 Å². The standard InChI is InChI=1S/C15H14BrFO/c1-2-15(18,11-6-8-14(17)9-7-11)12-4-3-5-13(16)10-12/h3-10,18H,2H2,1H3. The van der Waals surface area contributed by atoms with Gasteiger partial charge in [-0.15, -0.1) is 0 Å². The minimum atomic E-state index is -1.09. The van der Waals surface area contributed by atoms with Gasteiger partial charge in [0.05, 0.1) is 0 Å². The zero-order valence-electron chi connectivity index (χ0n) is 10.0. The average Bonchev–Trinajstić information content (AvgIpc) is 2.38. The van der Waals surface area contributed by atoms with Crippen molar-refractivity contribution in [1.82, 2.24) is 0 Å². The maximum Gasteiger partial charge on any atom is 0.123 e. The van der Waals surface area contributed by atoms with Crippen molar-refractivity contribution in [2.24, 2.45) is 0 Å². The van der Waals surface area contributed by atoms with Gasteiger partial charge in [-0.05, 0) is 41.8 Å². The van der Waals surface area contributed by atoms with E-state index in [1.54, 1.807) is 12.1 Å². The second-order valence-electron chi connectivity index (χ2n) is 4.23. The van der Waals surface area contributed by atoms with Crippen LogP contribution < -0.4 is 0 Å². The number of halogens is 2. The molecular weight excluding hydrogens is 295 g/mol. The number of hydrogen-bond donors (Lipinski definition) is 1. The fraction of sp³-hybridized carbons (Fsp3) is 0.200. The molecule has 2 aromatic rings. The van der Waals surface area contributed by atoms with Gasteiger partial charge in [0.25, 0.3) is 0 Å². The third kappa shape index (κ3) is 2.47. The molecule has 2 rings (SSSR count). The van der Waals surface area contributed by atoms with Gasteiger partial charge < -0.3 is 5.11 Å². The van der Waals surface area contributed by atoms with E-state index in [1.807, 2.05) is 31.2 Å². The fourth-order valence-electron chi connectivity index (χ4n) is 2.05. The number of aliphatic hydroxyl groups is 1. The largest absolute Gasteiger partial charge is 0.380 e. The topological polar surface area (TPSA) is 20.2 Å². The quantitative estimate of drug-likeness (QED) is 0.899. The lowest BCUT2D eigenvalue weighted by Crippen LogP contribution is -2.26. The molecule has 0 saturated carbocycles. The highest BCUT2D eigenvalue weighted by Gasteiger charge is 2.29. The predicted octanol–water partition coefficient (Wildman–Crippen LogP) is 4.23. The lowest BCUT2D eigenvalue weighted by atomic mass is 9.84. The van der Waals surface area contributed by atoms with Gasteiger partial charge in [-0.1, -0.05) is 47.1 Å². The summed E-state index contributed by atoms with van der Waals surface area (Å²) in [4.78, 5) is 0. The normalized spacial score (nSPS) is 14.2. The van der Waals surface area contributed by atoms with Gasteiger partial charge in [0.1, 0.15) is 11.4 Å². The first-order valence-corrected chi connectivity index (χ1v) is 6.60. The average molecular weight is 309 g/mol. The lowest BCUT2D eigenvalue weighted by Gasteiger charge is -2.28. The molecule has 0 radical (unpaired) electrons. The van der Waals surface area contributed by atoms with Crippen molar-refractivity contribution >= 4 is 15.9 Å². The molecule has 1 atom stereocenters. The lowest BCUT2D eigenvalue weighted by molar-refractivity contribution is 0.0764. The Labute approximate surface area is 114 Å². The molecule has 0 heterocycles. The van der Waals surface area contributed by atoms with Crippen LogP contribution in [0.4, 0.5) is 4.39 Å². The number of benzene rings is 2. The minimum Gasteiger partial charge on any atom is -0.380 e. The van der Waals surface area contributed by atoms with Crippen molar-refractivity contribution < 1.29 is 9.50 Å². The zero-order valence-corrected chi connectivity index (χ0v) is 11.6. The van der Waals surface area contributed by atoms with Gasteiger partial charge in [-0.2, -0.15) is 0 Å². The highest BCUT2D eigenvalue weighted by atomic mass is 79.9. The van der Waals surface area contributed by atoms with Crippen LogP contribution in [0.1, 0.15) is 24.5 Å². The third-order valence-corrected chi connectivity index (χ3v) is 3.63. The van der Waals surface area contributed by atoms with Crippen LogP contribution in [0.3, 0.4) is 0 Å². The molecule has 1 nitrogen and oxygen atoms in total. The molecule has 1 unspecified atom stereocenters. The van der Waals surface area contributed by atoms with Crippen LogP contribution >= 0.6 is 15.9 Å². The van der Waals surface area contributed by atoms with E-state index in [0.717, 1.165) is 10.0 Å². The summed E-state index contributed by atoms with van der Waals surface area (Å²) in [5.74, 6) is -0.300. The molecule has 0 fully saturated rings. The van der Waals surface area contributed by atoms with E-state index in [4.69, 9.17) is 0 Å². The van der Waals surface area contributed by atoms with Crippen LogP contribution in [0.25, 0.3) is 0 Å². The number of rotatable bonds is 3. The molecular formula is C15H14BrFO.